The van der Waals surface area contributed by atoms with Crippen molar-refractivity contribution in [1.82, 2.24) is 0 Å². The SMILES string of the molecule is C[C@H]1CC=C2[C@H]1C[C@]1(O)C(=O)C[C@@]2(C)C1(C)CO. The first-order chi connectivity index (χ1) is 8.30. The van der Waals surface area contributed by atoms with Gasteiger partial charge in [0.2, 0.25) is 0 Å². The second-order valence-electron chi connectivity index (χ2n) is 6.97. The van der Waals surface area contributed by atoms with Crippen LogP contribution in [0.25, 0.3) is 0 Å². The molecule has 0 spiro atoms. The molecule has 3 heteroatoms. The average Bonchev–Trinajstić information content (AvgIpc) is 2.71. The van der Waals surface area contributed by atoms with Gasteiger partial charge in [-0.1, -0.05) is 32.4 Å². The largest absolute Gasteiger partial charge is 0.396 e. The molecule has 2 N–H and O–H groups in total. The highest BCUT2D eigenvalue weighted by atomic mass is 16.3. The monoisotopic (exact) mass is 250 g/mol. The Hall–Kier alpha value is -0.670. The molecule has 100 valence electrons. The number of fused-ring (bicyclic) bond motifs is 4. The maximum absolute atomic E-state index is 12.3. The van der Waals surface area contributed by atoms with Crippen molar-refractivity contribution in [2.75, 3.05) is 6.61 Å². The van der Waals surface area contributed by atoms with E-state index in [1.807, 2.05) is 6.92 Å². The van der Waals surface area contributed by atoms with Crippen LogP contribution in [-0.2, 0) is 4.79 Å². The minimum Gasteiger partial charge on any atom is -0.396 e. The number of aliphatic hydroxyl groups excluding tert-OH is 1. The summed E-state index contributed by atoms with van der Waals surface area (Å²) in [5, 5.41) is 20.7. The Labute approximate surface area is 108 Å². The van der Waals surface area contributed by atoms with E-state index in [0.717, 1.165) is 6.42 Å². The lowest BCUT2D eigenvalue weighted by Crippen LogP contribution is -2.59. The van der Waals surface area contributed by atoms with Crippen molar-refractivity contribution in [3.05, 3.63) is 11.6 Å². The number of carbonyl (C=O) groups excluding carboxylic acids is 1. The average molecular weight is 250 g/mol. The quantitative estimate of drug-likeness (QED) is 0.696. The van der Waals surface area contributed by atoms with Gasteiger partial charge >= 0.3 is 0 Å². The Bertz CT molecular complexity index is 455. The van der Waals surface area contributed by atoms with Gasteiger partial charge in [-0.15, -0.1) is 0 Å². The Morgan fingerprint density at radius 1 is 1.44 bits per heavy atom. The number of ketones is 1. The minimum atomic E-state index is -1.34. The molecule has 0 saturated heterocycles. The zero-order valence-corrected chi connectivity index (χ0v) is 11.4. The summed E-state index contributed by atoms with van der Waals surface area (Å²) in [6, 6.07) is 0. The van der Waals surface area contributed by atoms with E-state index >= 15 is 0 Å². The maximum Gasteiger partial charge on any atom is 0.165 e. The van der Waals surface area contributed by atoms with E-state index < -0.39 is 11.0 Å². The topological polar surface area (TPSA) is 57.5 Å². The van der Waals surface area contributed by atoms with E-state index in [0.29, 0.717) is 24.7 Å². The van der Waals surface area contributed by atoms with Crippen molar-refractivity contribution in [3.63, 3.8) is 0 Å². The molecule has 1 unspecified atom stereocenters. The zero-order chi connectivity index (χ0) is 13.3. The van der Waals surface area contributed by atoms with Crippen molar-refractivity contribution in [1.29, 1.82) is 0 Å². The van der Waals surface area contributed by atoms with E-state index in [-0.39, 0.29) is 17.8 Å². The number of rotatable bonds is 1. The lowest BCUT2D eigenvalue weighted by atomic mass is 9.51. The predicted octanol–water partition coefficient (Wildman–Crippen LogP) is 1.68. The zero-order valence-electron chi connectivity index (χ0n) is 11.4. The van der Waals surface area contributed by atoms with Crippen LogP contribution in [0.4, 0.5) is 0 Å². The van der Waals surface area contributed by atoms with E-state index in [9.17, 15) is 15.0 Å². The number of carbonyl (C=O) groups is 1. The molecule has 5 atom stereocenters. The molecule has 3 aliphatic carbocycles. The molecular formula is C15H22O3. The molecule has 0 amide bonds. The van der Waals surface area contributed by atoms with E-state index in [2.05, 4.69) is 19.9 Å². The molecular weight excluding hydrogens is 228 g/mol. The van der Waals surface area contributed by atoms with Crippen molar-refractivity contribution >= 4 is 5.78 Å². The summed E-state index contributed by atoms with van der Waals surface area (Å²) in [6.45, 7) is 5.98. The van der Waals surface area contributed by atoms with Gasteiger partial charge < -0.3 is 10.2 Å². The summed E-state index contributed by atoms with van der Waals surface area (Å²) in [5.74, 6) is 0.732. The predicted molar refractivity (Wildman–Crippen MR) is 67.8 cm³/mol. The Kier molecular flexibility index (Phi) is 2.24. The summed E-state index contributed by atoms with van der Waals surface area (Å²) >= 11 is 0. The molecule has 0 aromatic heterocycles. The summed E-state index contributed by atoms with van der Waals surface area (Å²) in [6.07, 6.45) is 4.14. The van der Waals surface area contributed by atoms with Crippen molar-refractivity contribution in [2.24, 2.45) is 22.7 Å². The molecule has 0 aromatic carbocycles. The summed E-state index contributed by atoms with van der Waals surface area (Å²) in [5.41, 5.74) is -1.14. The van der Waals surface area contributed by atoms with Crippen molar-refractivity contribution in [3.8, 4) is 0 Å². The van der Waals surface area contributed by atoms with Crippen LogP contribution >= 0.6 is 0 Å². The third kappa shape index (κ3) is 1.03. The van der Waals surface area contributed by atoms with Crippen molar-refractivity contribution < 1.29 is 15.0 Å². The van der Waals surface area contributed by atoms with Crippen LogP contribution in [-0.4, -0.2) is 28.2 Å². The number of Topliss-reactive ketones (excluding diaryl/α,β-unsaturated/α-hetero) is 1. The number of aliphatic hydroxyl groups is 2. The fourth-order valence-electron chi connectivity index (χ4n) is 4.69. The molecule has 3 aliphatic rings. The van der Waals surface area contributed by atoms with Crippen LogP contribution in [0.5, 0.6) is 0 Å². The second kappa shape index (κ2) is 3.26. The molecule has 3 rings (SSSR count). The lowest BCUT2D eigenvalue weighted by molar-refractivity contribution is -0.162. The first-order valence-corrected chi connectivity index (χ1v) is 6.87. The van der Waals surface area contributed by atoms with E-state index in [1.165, 1.54) is 5.57 Å². The van der Waals surface area contributed by atoms with Gasteiger partial charge in [0, 0.05) is 17.3 Å². The minimum absolute atomic E-state index is 0.0796. The van der Waals surface area contributed by atoms with Gasteiger partial charge in [0.05, 0.1) is 6.61 Å². The van der Waals surface area contributed by atoms with Gasteiger partial charge in [0.1, 0.15) is 5.60 Å². The second-order valence-corrected chi connectivity index (χ2v) is 6.97. The van der Waals surface area contributed by atoms with E-state index in [4.69, 9.17) is 0 Å². The summed E-state index contributed by atoms with van der Waals surface area (Å²) < 4.78 is 0. The van der Waals surface area contributed by atoms with Gasteiger partial charge in [0.25, 0.3) is 0 Å². The standard InChI is InChI=1S/C15H22O3/c1-9-4-5-11-10(9)6-15(18)12(17)7-13(11,2)14(15,3)8-16/h5,9-10,16,18H,4,6-8H2,1-3H3/t9-,10-,13+,14?,15-/m0/s1. The first kappa shape index (κ1) is 12.4. The van der Waals surface area contributed by atoms with E-state index in [1.54, 1.807) is 0 Å². The number of allylic oxidation sites excluding steroid dienone is 2. The molecule has 0 aromatic rings. The summed E-state index contributed by atoms with van der Waals surface area (Å²) in [7, 11) is 0. The number of hydrogen-bond donors (Lipinski definition) is 2. The lowest BCUT2D eigenvalue weighted by Gasteiger charge is -2.54. The highest BCUT2D eigenvalue weighted by molar-refractivity contribution is 5.93. The molecule has 2 bridgehead atoms. The van der Waals surface area contributed by atoms with Gasteiger partial charge in [0.15, 0.2) is 5.78 Å². The molecule has 2 fully saturated rings. The number of hydrogen-bond acceptors (Lipinski definition) is 3. The highest BCUT2D eigenvalue weighted by Crippen LogP contribution is 2.69. The third-order valence-electron chi connectivity index (χ3n) is 6.37. The molecule has 0 radical (unpaired) electrons. The van der Waals surface area contributed by atoms with Crippen LogP contribution in [0.2, 0.25) is 0 Å². The normalized spacial score (nSPS) is 54.5. The van der Waals surface area contributed by atoms with Crippen LogP contribution in [0.3, 0.4) is 0 Å². The molecule has 2 saturated carbocycles. The van der Waals surface area contributed by atoms with Crippen molar-refractivity contribution in [2.45, 2.75) is 45.6 Å². The Morgan fingerprint density at radius 2 is 2.11 bits per heavy atom. The van der Waals surface area contributed by atoms with Gasteiger partial charge in [-0.25, -0.2) is 0 Å². The fraction of sp³-hybridized carbons (Fsp3) is 0.800. The Morgan fingerprint density at radius 3 is 2.72 bits per heavy atom. The van der Waals surface area contributed by atoms with Crippen LogP contribution in [0.15, 0.2) is 11.6 Å². The maximum atomic E-state index is 12.3. The molecule has 0 aliphatic heterocycles. The van der Waals surface area contributed by atoms with Gasteiger partial charge in [-0.2, -0.15) is 0 Å². The molecule has 0 heterocycles. The fourth-order valence-corrected chi connectivity index (χ4v) is 4.69. The molecule has 3 nitrogen and oxygen atoms in total. The highest BCUT2D eigenvalue weighted by Gasteiger charge is 2.72. The molecule has 18 heavy (non-hydrogen) atoms. The van der Waals surface area contributed by atoms with Crippen LogP contribution in [0, 0.1) is 22.7 Å². The summed E-state index contributed by atoms with van der Waals surface area (Å²) in [4.78, 5) is 12.3. The van der Waals surface area contributed by atoms with Crippen LogP contribution in [0.1, 0.15) is 40.0 Å². The Balaban J connectivity index is 2.20. The first-order valence-electron chi connectivity index (χ1n) is 6.87. The van der Waals surface area contributed by atoms with Gasteiger partial charge in [-0.3, -0.25) is 4.79 Å². The van der Waals surface area contributed by atoms with Gasteiger partial charge in [-0.05, 0) is 24.7 Å². The third-order valence-corrected chi connectivity index (χ3v) is 6.37. The van der Waals surface area contributed by atoms with Crippen LogP contribution < -0.4 is 0 Å². The smallest absolute Gasteiger partial charge is 0.165 e.